The molecule has 82 valence electrons. The smallest absolute Gasteiger partial charge is 0.235 e. The van der Waals surface area contributed by atoms with Gasteiger partial charge in [0.1, 0.15) is 0 Å². The molecule has 0 aromatic heterocycles. The number of nitrogens with two attached hydrogens (primary N) is 1. The van der Waals surface area contributed by atoms with Gasteiger partial charge < -0.3 is 5.73 Å². The van der Waals surface area contributed by atoms with Crippen molar-refractivity contribution in [3.05, 3.63) is 23.8 Å². The van der Waals surface area contributed by atoms with E-state index in [4.69, 9.17) is 5.73 Å². The zero-order valence-corrected chi connectivity index (χ0v) is 9.34. The Labute approximate surface area is 89.5 Å². The first-order valence-electron chi connectivity index (χ1n) is 4.87. The first-order chi connectivity index (χ1) is 7.00. The number of hydrogen-bond donors (Lipinski definition) is 2. The molecule has 1 aromatic rings. The van der Waals surface area contributed by atoms with E-state index < -0.39 is 10.0 Å². The fourth-order valence-electron chi connectivity index (χ4n) is 1.38. The third-order valence-electron chi connectivity index (χ3n) is 2.59. The summed E-state index contributed by atoms with van der Waals surface area (Å²) in [5.74, 6) is 0. The Morgan fingerprint density at radius 2 is 2.07 bits per heavy atom. The predicted molar refractivity (Wildman–Crippen MR) is 61.2 cm³/mol. The van der Waals surface area contributed by atoms with Gasteiger partial charge in [-0.3, -0.25) is 4.72 Å². The second-order valence-corrected chi connectivity index (χ2v) is 5.83. The molecule has 0 radical (unpaired) electrons. The van der Waals surface area contributed by atoms with Crippen LogP contribution in [0.3, 0.4) is 0 Å². The molecule has 5 heteroatoms. The molecule has 0 heterocycles. The van der Waals surface area contributed by atoms with Crippen LogP contribution in [0.15, 0.2) is 18.2 Å². The van der Waals surface area contributed by atoms with Crippen LogP contribution < -0.4 is 10.5 Å². The summed E-state index contributed by atoms with van der Waals surface area (Å²) in [5.41, 5.74) is 7.66. The average molecular weight is 226 g/mol. The van der Waals surface area contributed by atoms with Crippen molar-refractivity contribution in [1.82, 2.24) is 0 Å². The summed E-state index contributed by atoms with van der Waals surface area (Å²) in [5, 5.41) is -0.210. The van der Waals surface area contributed by atoms with E-state index in [9.17, 15) is 8.42 Å². The second kappa shape index (κ2) is 3.41. The van der Waals surface area contributed by atoms with Crippen molar-refractivity contribution in [3.63, 3.8) is 0 Å². The number of nitrogens with one attached hydrogen (secondary N) is 1. The van der Waals surface area contributed by atoms with Crippen molar-refractivity contribution in [3.8, 4) is 0 Å². The average Bonchev–Trinajstić information content (AvgIpc) is 2.95. The Hall–Kier alpha value is -1.23. The van der Waals surface area contributed by atoms with Crippen molar-refractivity contribution in [2.75, 3.05) is 10.5 Å². The third-order valence-corrected chi connectivity index (χ3v) is 4.44. The molecule has 0 saturated heterocycles. The highest BCUT2D eigenvalue weighted by atomic mass is 32.2. The number of anilines is 2. The molecular formula is C10H14N2O2S. The van der Waals surface area contributed by atoms with Gasteiger partial charge in [0.2, 0.25) is 10.0 Å². The Kier molecular flexibility index (Phi) is 2.34. The Morgan fingerprint density at radius 1 is 1.40 bits per heavy atom. The number of rotatable bonds is 3. The highest BCUT2D eigenvalue weighted by molar-refractivity contribution is 7.93. The molecule has 0 amide bonds. The predicted octanol–water partition coefficient (Wildman–Crippen LogP) is 1.48. The topological polar surface area (TPSA) is 72.2 Å². The van der Waals surface area contributed by atoms with Gasteiger partial charge in [-0.15, -0.1) is 0 Å². The van der Waals surface area contributed by atoms with Crippen LogP contribution in [0.1, 0.15) is 18.4 Å². The minimum atomic E-state index is -3.18. The van der Waals surface area contributed by atoms with Crippen LogP contribution in [0.5, 0.6) is 0 Å². The first kappa shape index (κ1) is 10.3. The van der Waals surface area contributed by atoms with E-state index in [1.807, 2.05) is 0 Å². The van der Waals surface area contributed by atoms with Gasteiger partial charge in [0, 0.05) is 5.69 Å². The van der Waals surface area contributed by atoms with Crippen molar-refractivity contribution >= 4 is 21.4 Å². The van der Waals surface area contributed by atoms with Crippen molar-refractivity contribution < 1.29 is 8.42 Å². The summed E-state index contributed by atoms with van der Waals surface area (Å²) in [4.78, 5) is 0. The van der Waals surface area contributed by atoms with E-state index in [1.165, 1.54) is 0 Å². The monoisotopic (exact) mass is 226 g/mol. The standard InChI is InChI=1S/C10H14N2O2S/c1-7-9(11)3-2-4-10(7)12-15(13,14)8-5-6-8/h2-4,8,12H,5-6,11H2,1H3. The SMILES string of the molecule is Cc1c(N)cccc1NS(=O)(=O)C1CC1. The maximum Gasteiger partial charge on any atom is 0.235 e. The molecule has 1 aliphatic rings. The fourth-order valence-corrected chi connectivity index (χ4v) is 2.83. The lowest BCUT2D eigenvalue weighted by atomic mass is 10.2. The third kappa shape index (κ3) is 2.07. The van der Waals surface area contributed by atoms with Crippen molar-refractivity contribution in [1.29, 1.82) is 0 Å². The fraction of sp³-hybridized carbons (Fsp3) is 0.400. The maximum absolute atomic E-state index is 11.7. The number of benzene rings is 1. The van der Waals surface area contributed by atoms with Crippen LogP contribution in [0.2, 0.25) is 0 Å². The largest absolute Gasteiger partial charge is 0.398 e. The lowest BCUT2D eigenvalue weighted by molar-refractivity contribution is 0.600. The molecule has 15 heavy (non-hydrogen) atoms. The molecule has 0 bridgehead atoms. The first-order valence-corrected chi connectivity index (χ1v) is 6.42. The van der Waals surface area contributed by atoms with Crippen LogP contribution in [0.25, 0.3) is 0 Å². The number of nitrogen functional groups attached to an aromatic ring is 1. The lowest BCUT2D eigenvalue weighted by Gasteiger charge is -2.10. The zero-order valence-electron chi connectivity index (χ0n) is 8.53. The highest BCUT2D eigenvalue weighted by Gasteiger charge is 2.35. The molecule has 0 unspecified atom stereocenters. The van der Waals surface area contributed by atoms with Gasteiger partial charge in [-0.1, -0.05) is 6.07 Å². The zero-order chi connectivity index (χ0) is 11.1. The molecule has 1 aromatic carbocycles. The van der Waals surface area contributed by atoms with E-state index in [1.54, 1.807) is 25.1 Å². The van der Waals surface area contributed by atoms with Gasteiger partial charge in [0.25, 0.3) is 0 Å². The molecule has 0 spiro atoms. The molecule has 1 saturated carbocycles. The van der Waals surface area contributed by atoms with E-state index in [0.717, 1.165) is 18.4 Å². The molecule has 2 rings (SSSR count). The van der Waals surface area contributed by atoms with E-state index in [2.05, 4.69) is 4.72 Å². The molecule has 4 nitrogen and oxygen atoms in total. The summed E-state index contributed by atoms with van der Waals surface area (Å²) in [6, 6.07) is 5.23. The quantitative estimate of drug-likeness (QED) is 0.767. The normalized spacial score (nSPS) is 16.3. The molecule has 0 atom stereocenters. The van der Waals surface area contributed by atoms with Gasteiger partial charge in [0.05, 0.1) is 10.9 Å². The van der Waals surface area contributed by atoms with Gasteiger partial charge in [-0.05, 0) is 37.5 Å². The van der Waals surface area contributed by atoms with Crippen molar-refractivity contribution in [2.45, 2.75) is 25.0 Å². The summed E-state index contributed by atoms with van der Waals surface area (Å²) in [6.07, 6.45) is 1.52. The molecular weight excluding hydrogens is 212 g/mol. The van der Waals surface area contributed by atoms with Crippen LogP contribution in [0, 0.1) is 6.92 Å². The second-order valence-electron chi connectivity index (χ2n) is 3.87. The summed E-state index contributed by atoms with van der Waals surface area (Å²) in [7, 11) is -3.18. The highest BCUT2D eigenvalue weighted by Crippen LogP contribution is 2.31. The summed E-state index contributed by atoms with van der Waals surface area (Å²) >= 11 is 0. The van der Waals surface area contributed by atoms with Gasteiger partial charge in [-0.2, -0.15) is 0 Å². The van der Waals surface area contributed by atoms with Crippen LogP contribution >= 0.6 is 0 Å². The van der Waals surface area contributed by atoms with Crippen LogP contribution in [-0.4, -0.2) is 13.7 Å². The summed E-state index contributed by atoms with van der Waals surface area (Å²) < 4.78 is 25.9. The van der Waals surface area contributed by atoms with Gasteiger partial charge >= 0.3 is 0 Å². The number of hydrogen-bond acceptors (Lipinski definition) is 3. The molecule has 1 fully saturated rings. The van der Waals surface area contributed by atoms with Crippen LogP contribution in [-0.2, 0) is 10.0 Å². The number of sulfonamides is 1. The van der Waals surface area contributed by atoms with E-state index >= 15 is 0 Å². The van der Waals surface area contributed by atoms with Gasteiger partial charge in [0.15, 0.2) is 0 Å². The summed E-state index contributed by atoms with van der Waals surface area (Å²) in [6.45, 7) is 1.81. The molecule has 1 aliphatic carbocycles. The minimum Gasteiger partial charge on any atom is -0.398 e. The van der Waals surface area contributed by atoms with Gasteiger partial charge in [-0.25, -0.2) is 8.42 Å². The Bertz CT molecular complexity index is 478. The minimum absolute atomic E-state index is 0.210. The maximum atomic E-state index is 11.7. The Balaban J connectivity index is 2.28. The van der Waals surface area contributed by atoms with E-state index in [0.29, 0.717) is 11.4 Å². The Morgan fingerprint density at radius 3 is 2.67 bits per heavy atom. The van der Waals surface area contributed by atoms with E-state index in [-0.39, 0.29) is 5.25 Å². The van der Waals surface area contributed by atoms with Crippen molar-refractivity contribution in [2.24, 2.45) is 0 Å². The molecule has 0 aliphatic heterocycles. The van der Waals surface area contributed by atoms with Crippen LogP contribution in [0.4, 0.5) is 11.4 Å². The lowest BCUT2D eigenvalue weighted by Crippen LogP contribution is -2.18. The molecule has 3 N–H and O–H groups in total.